The molecule has 0 amide bonds. The number of hydrogen-bond acceptors (Lipinski definition) is 3. The minimum Gasteiger partial charge on any atom is -0.466 e. The van der Waals surface area contributed by atoms with E-state index in [1.165, 1.54) is 7.11 Å². The van der Waals surface area contributed by atoms with Gasteiger partial charge >= 0.3 is 5.97 Å². The molecule has 0 radical (unpaired) electrons. The number of pyridine rings is 1. The van der Waals surface area contributed by atoms with Gasteiger partial charge in [-0.1, -0.05) is 12.6 Å². The zero-order valence-electron chi connectivity index (χ0n) is 6.93. The molecule has 3 heteroatoms. The summed E-state index contributed by atoms with van der Waals surface area (Å²) < 4.78 is 4.14. The van der Waals surface area contributed by atoms with Crippen LogP contribution >= 0.6 is 0 Å². The molecule has 0 aliphatic carbocycles. The standard InChI is InChI=1S/C5H5N.C4H6O2/c1-2-4-6-5-3-1;1-3-4(5)6-2/h1-5H;3H,1H2,2H3. The fourth-order valence-electron chi connectivity index (χ4n) is 0.396. The van der Waals surface area contributed by atoms with E-state index in [1.54, 1.807) is 12.4 Å². The highest BCUT2D eigenvalue weighted by Gasteiger charge is 1.81. The van der Waals surface area contributed by atoms with Crippen LogP contribution in [0, 0.1) is 0 Å². The second-order valence-corrected chi connectivity index (χ2v) is 1.75. The van der Waals surface area contributed by atoms with Crippen molar-refractivity contribution in [3.05, 3.63) is 43.2 Å². The molecule has 0 atom stereocenters. The normalized spacial score (nSPS) is 7.42. The highest BCUT2D eigenvalue weighted by atomic mass is 16.5. The van der Waals surface area contributed by atoms with Crippen LogP contribution in [-0.4, -0.2) is 18.1 Å². The predicted molar refractivity (Wildman–Crippen MR) is 46.5 cm³/mol. The molecular formula is C9H11NO2. The molecule has 0 fully saturated rings. The van der Waals surface area contributed by atoms with Crippen molar-refractivity contribution < 1.29 is 9.53 Å². The Morgan fingerprint density at radius 1 is 1.42 bits per heavy atom. The van der Waals surface area contributed by atoms with Gasteiger partial charge in [-0.3, -0.25) is 4.98 Å². The highest BCUT2D eigenvalue weighted by Crippen LogP contribution is 1.73. The highest BCUT2D eigenvalue weighted by molar-refractivity contribution is 5.80. The number of aromatic nitrogens is 1. The van der Waals surface area contributed by atoms with Gasteiger partial charge in [0, 0.05) is 18.5 Å². The third-order valence-electron chi connectivity index (χ3n) is 0.934. The van der Waals surface area contributed by atoms with Crippen molar-refractivity contribution in [3.63, 3.8) is 0 Å². The quantitative estimate of drug-likeness (QED) is 0.466. The van der Waals surface area contributed by atoms with Gasteiger partial charge in [0.25, 0.3) is 0 Å². The Balaban J connectivity index is 0.000000202. The molecule has 0 saturated heterocycles. The van der Waals surface area contributed by atoms with Crippen LogP contribution in [0.4, 0.5) is 0 Å². The molecule has 0 aliphatic heterocycles. The van der Waals surface area contributed by atoms with Crippen LogP contribution in [-0.2, 0) is 9.53 Å². The molecule has 0 aromatic carbocycles. The van der Waals surface area contributed by atoms with Crippen LogP contribution < -0.4 is 0 Å². The topological polar surface area (TPSA) is 39.2 Å². The molecule has 0 bridgehead atoms. The zero-order chi connectivity index (χ0) is 9.23. The average Bonchev–Trinajstić information content (AvgIpc) is 2.20. The minimum atomic E-state index is -0.394. The zero-order valence-corrected chi connectivity index (χ0v) is 6.93. The molecular weight excluding hydrogens is 154 g/mol. The van der Waals surface area contributed by atoms with Crippen molar-refractivity contribution in [2.45, 2.75) is 0 Å². The fraction of sp³-hybridized carbons (Fsp3) is 0.111. The summed E-state index contributed by atoms with van der Waals surface area (Å²) in [6, 6.07) is 5.72. The molecule has 0 saturated carbocycles. The number of ether oxygens (including phenoxy) is 1. The van der Waals surface area contributed by atoms with Gasteiger partial charge in [-0.25, -0.2) is 4.79 Å². The van der Waals surface area contributed by atoms with E-state index in [4.69, 9.17) is 0 Å². The maximum Gasteiger partial charge on any atom is 0.329 e. The van der Waals surface area contributed by atoms with Crippen LogP contribution in [0.1, 0.15) is 0 Å². The molecule has 1 rings (SSSR count). The van der Waals surface area contributed by atoms with Crippen LogP contribution in [0.2, 0.25) is 0 Å². The molecule has 1 aromatic rings. The first kappa shape index (κ1) is 10.4. The van der Waals surface area contributed by atoms with Crippen LogP contribution in [0.5, 0.6) is 0 Å². The summed E-state index contributed by atoms with van der Waals surface area (Å²) in [7, 11) is 1.31. The minimum absolute atomic E-state index is 0.394. The smallest absolute Gasteiger partial charge is 0.329 e. The summed E-state index contributed by atoms with van der Waals surface area (Å²) in [6.45, 7) is 3.16. The van der Waals surface area contributed by atoms with Crippen molar-refractivity contribution in [2.24, 2.45) is 0 Å². The number of nitrogens with zero attached hydrogens (tertiary/aromatic N) is 1. The molecule has 0 N–H and O–H groups in total. The van der Waals surface area contributed by atoms with Gasteiger partial charge < -0.3 is 4.74 Å². The Kier molecular flexibility index (Phi) is 6.45. The first-order valence-corrected chi connectivity index (χ1v) is 3.36. The lowest BCUT2D eigenvalue weighted by atomic mass is 10.5. The van der Waals surface area contributed by atoms with Crippen LogP contribution in [0.15, 0.2) is 43.2 Å². The van der Waals surface area contributed by atoms with E-state index in [-0.39, 0.29) is 0 Å². The molecule has 0 unspecified atom stereocenters. The summed E-state index contributed by atoms with van der Waals surface area (Å²) in [5.74, 6) is -0.394. The molecule has 3 nitrogen and oxygen atoms in total. The Morgan fingerprint density at radius 3 is 2.08 bits per heavy atom. The first-order chi connectivity index (χ1) is 5.81. The number of hydrogen-bond donors (Lipinski definition) is 0. The van der Waals surface area contributed by atoms with Gasteiger partial charge in [-0.05, 0) is 12.1 Å². The van der Waals surface area contributed by atoms with Crippen molar-refractivity contribution >= 4 is 5.97 Å². The first-order valence-electron chi connectivity index (χ1n) is 3.36. The molecule has 1 aromatic heterocycles. The fourth-order valence-corrected chi connectivity index (χ4v) is 0.396. The Labute approximate surface area is 71.7 Å². The van der Waals surface area contributed by atoms with Crippen molar-refractivity contribution in [1.29, 1.82) is 0 Å². The summed E-state index contributed by atoms with van der Waals surface area (Å²) in [6.07, 6.45) is 4.61. The van der Waals surface area contributed by atoms with Gasteiger partial charge in [0.2, 0.25) is 0 Å². The molecule has 12 heavy (non-hydrogen) atoms. The molecule has 0 spiro atoms. The second-order valence-electron chi connectivity index (χ2n) is 1.75. The SMILES string of the molecule is C=CC(=O)OC.c1ccncc1. The van der Waals surface area contributed by atoms with Gasteiger partial charge in [0.05, 0.1) is 7.11 Å². The summed E-state index contributed by atoms with van der Waals surface area (Å²) >= 11 is 0. The van der Waals surface area contributed by atoms with Gasteiger partial charge in [0.1, 0.15) is 0 Å². The number of rotatable bonds is 1. The number of methoxy groups -OCH3 is 1. The maximum atomic E-state index is 9.84. The monoisotopic (exact) mass is 165 g/mol. The van der Waals surface area contributed by atoms with Crippen molar-refractivity contribution in [1.82, 2.24) is 4.98 Å². The van der Waals surface area contributed by atoms with E-state index in [1.807, 2.05) is 18.2 Å². The van der Waals surface area contributed by atoms with Crippen LogP contribution in [0.25, 0.3) is 0 Å². The van der Waals surface area contributed by atoms with Crippen LogP contribution in [0.3, 0.4) is 0 Å². The Morgan fingerprint density at radius 2 is 2.00 bits per heavy atom. The largest absolute Gasteiger partial charge is 0.466 e. The van der Waals surface area contributed by atoms with E-state index >= 15 is 0 Å². The van der Waals surface area contributed by atoms with E-state index in [0.29, 0.717) is 0 Å². The van der Waals surface area contributed by atoms with Gasteiger partial charge in [-0.15, -0.1) is 0 Å². The number of carbonyl (C=O) groups excluding carboxylic acids is 1. The van der Waals surface area contributed by atoms with Gasteiger partial charge in [-0.2, -0.15) is 0 Å². The lowest BCUT2D eigenvalue weighted by Crippen LogP contribution is -1.91. The van der Waals surface area contributed by atoms with E-state index in [0.717, 1.165) is 6.08 Å². The molecule has 64 valence electrons. The third kappa shape index (κ3) is 6.48. The predicted octanol–water partition coefficient (Wildman–Crippen LogP) is 1.43. The third-order valence-corrected chi connectivity index (χ3v) is 0.934. The lowest BCUT2D eigenvalue weighted by Gasteiger charge is -1.83. The molecule has 1 heterocycles. The summed E-state index contributed by atoms with van der Waals surface area (Å²) in [4.78, 5) is 13.6. The van der Waals surface area contributed by atoms with E-state index in [2.05, 4.69) is 16.3 Å². The Hall–Kier alpha value is -1.64. The lowest BCUT2D eigenvalue weighted by molar-refractivity contribution is -0.134. The number of carbonyl (C=O) groups is 1. The molecule has 0 aliphatic rings. The Bertz CT molecular complexity index is 195. The summed E-state index contributed by atoms with van der Waals surface area (Å²) in [5.41, 5.74) is 0. The second kappa shape index (κ2) is 7.47. The van der Waals surface area contributed by atoms with Crippen molar-refractivity contribution in [2.75, 3.05) is 7.11 Å². The van der Waals surface area contributed by atoms with E-state index < -0.39 is 5.97 Å². The average molecular weight is 165 g/mol. The van der Waals surface area contributed by atoms with Gasteiger partial charge in [0.15, 0.2) is 0 Å². The summed E-state index contributed by atoms with van der Waals surface area (Å²) in [5, 5.41) is 0. The van der Waals surface area contributed by atoms with Crippen molar-refractivity contribution in [3.8, 4) is 0 Å². The number of esters is 1. The maximum absolute atomic E-state index is 9.84. The van der Waals surface area contributed by atoms with E-state index in [9.17, 15) is 4.79 Å².